The number of rotatable bonds is 2. The highest BCUT2D eigenvalue weighted by Crippen LogP contribution is 2.26. The molecule has 0 aromatic heterocycles. The lowest BCUT2D eigenvalue weighted by atomic mass is 10.0. The lowest BCUT2D eigenvalue weighted by molar-refractivity contribution is -0.147. The summed E-state index contributed by atoms with van der Waals surface area (Å²) in [5.74, 6) is -0.442. The number of hydrogen-bond acceptors (Lipinski definition) is 3. The van der Waals surface area contributed by atoms with E-state index in [1.807, 2.05) is 6.92 Å². The zero-order chi connectivity index (χ0) is 9.14. The fourth-order valence-electron chi connectivity index (χ4n) is 1.44. The van der Waals surface area contributed by atoms with E-state index in [1.54, 1.807) is 13.0 Å². The van der Waals surface area contributed by atoms with Gasteiger partial charge in [-0.25, -0.2) is 0 Å². The van der Waals surface area contributed by atoms with E-state index in [1.165, 1.54) is 0 Å². The molecule has 0 radical (unpaired) electrons. The van der Waals surface area contributed by atoms with E-state index < -0.39 is 6.10 Å². The molecule has 1 aliphatic rings. The number of carbonyl (C=O) groups is 1. The van der Waals surface area contributed by atoms with Gasteiger partial charge in [0.2, 0.25) is 0 Å². The molecule has 0 aliphatic heterocycles. The number of aliphatic hydroxyl groups excluding tert-OH is 1. The van der Waals surface area contributed by atoms with Crippen LogP contribution in [0.1, 0.15) is 20.3 Å². The second kappa shape index (κ2) is 3.72. The maximum atomic E-state index is 11.2. The van der Waals surface area contributed by atoms with Crippen LogP contribution >= 0.6 is 0 Å². The highest BCUT2D eigenvalue weighted by molar-refractivity contribution is 5.76. The maximum absolute atomic E-state index is 11.2. The summed E-state index contributed by atoms with van der Waals surface area (Å²) < 4.78 is 4.85. The van der Waals surface area contributed by atoms with Crippen molar-refractivity contribution < 1.29 is 14.6 Å². The summed E-state index contributed by atoms with van der Waals surface area (Å²) >= 11 is 0. The zero-order valence-corrected chi connectivity index (χ0v) is 7.41. The molecule has 0 aromatic carbocycles. The Balaban J connectivity index is 2.55. The van der Waals surface area contributed by atoms with Gasteiger partial charge in [0.05, 0.1) is 18.6 Å². The minimum absolute atomic E-state index is 0.220. The molecular formula is C9H14O3. The normalized spacial score (nSPS) is 28.4. The van der Waals surface area contributed by atoms with Gasteiger partial charge in [0.15, 0.2) is 0 Å². The molecule has 0 amide bonds. The van der Waals surface area contributed by atoms with Crippen molar-refractivity contribution in [3.8, 4) is 0 Å². The number of aliphatic hydroxyl groups is 1. The summed E-state index contributed by atoms with van der Waals surface area (Å²) in [7, 11) is 0. The van der Waals surface area contributed by atoms with Crippen LogP contribution in [0.4, 0.5) is 0 Å². The molecule has 0 fully saturated rings. The molecule has 0 bridgehead atoms. The summed E-state index contributed by atoms with van der Waals surface area (Å²) in [5, 5.41) is 9.20. The van der Waals surface area contributed by atoms with Gasteiger partial charge in [0.25, 0.3) is 0 Å². The van der Waals surface area contributed by atoms with Crippen LogP contribution in [0.5, 0.6) is 0 Å². The molecule has 0 heterocycles. The van der Waals surface area contributed by atoms with Crippen molar-refractivity contribution in [1.82, 2.24) is 0 Å². The van der Waals surface area contributed by atoms with E-state index in [2.05, 4.69) is 0 Å². The molecule has 0 aromatic rings. The molecule has 0 saturated carbocycles. The van der Waals surface area contributed by atoms with Gasteiger partial charge in [0, 0.05) is 0 Å². The van der Waals surface area contributed by atoms with Crippen molar-refractivity contribution in [3.05, 3.63) is 11.6 Å². The topological polar surface area (TPSA) is 46.5 Å². The Labute approximate surface area is 72.0 Å². The van der Waals surface area contributed by atoms with Gasteiger partial charge in [-0.3, -0.25) is 4.79 Å². The van der Waals surface area contributed by atoms with Crippen molar-refractivity contribution in [2.45, 2.75) is 26.4 Å². The monoisotopic (exact) mass is 170 g/mol. The molecule has 12 heavy (non-hydrogen) atoms. The average molecular weight is 170 g/mol. The van der Waals surface area contributed by atoms with Gasteiger partial charge in [-0.15, -0.1) is 0 Å². The van der Waals surface area contributed by atoms with Crippen molar-refractivity contribution in [2.24, 2.45) is 5.92 Å². The molecule has 1 rings (SSSR count). The first-order chi connectivity index (χ1) is 5.65. The van der Waals surface area contributed by atoms with Crippen LogP contribution in [0.3, 0.4) is 0 Å². The highest BCUT2D eigenvalue weighted by Gasteiger charge is 2.29. The molecule has 1 N–H and O–H groups in total. The third kappa shape index (κ3) is 1.85. The van der Waals surface area contributed by atoms with Crippen molar-refractivity contribution in [1.29, 1.82) is 0 Å². The second-order valence-electron chi connectivity index (χ2n) is 3.02. The molecule has 2 atom stereocenters. The molecule has 3 heteroatoms. The number of carbonyl (C=O) groups excluding carboxylic acids is 1. The SMILES string of the molecule is CCOC(=O)C1CC(O)C=C1C. The Morgan fingerprint density at radius 2 is 2.50 bits per heavy atom. The van der Waals surface area contributed by atoms with Crippen LogP contribution in [0.25, 0.3) is 0 Å². The first-order valence-electron chi connectivity index (χ1n) is 4.18. The first-order valence-corrected chi connectivity index (χ1v) is 4.18. The lowest BCUT2D eigenvalue weighted by Crippen LogP contribution is -2.18. The van der Waals surface area contributed by atoms with Gasteiger partial charge >= 0.3 is 5.97 Å². The number of ether oxygens (including phenoxy) is 1. The van der Waals surface area contributed by atoms with Gasteiger partial charge in [-0.1, -0.05) is 11.6 Å². The molecular weight excluding hydrogens is 156 g/mol. The minimum Gasteiger partial charge on any atom is -0.466 e. The predicted octanol–water partition coefficient (Wildman–Crippen LogP) is 0.877. The molecule has 0 saturated heterocycles. The fraction of sp³-hybridized carbons (Fsp3) is 0.667. The Bertz CT molecular complexity index is 208. The average Bonchev–Trinajstić information content (AvgIpc) is 2.30. The van der Waals surface area contributed by atoms with Crippen molar-refractivity contribution in [3.63, 3.8) is 0 Å². The summed E-state index contributed by atoms with van der Waals surface area (Å²) in [5.41, 5.74) is 0.918. The molecule has 0 spiro atoms. The number of hydrogen-bond donors (Lipinski definition) is 1. The van der Waals surface area contributed by atoms with E-state index in [4.69, 9.17) is 4.74 Å². The van der Waals surface area contributed by atoms with E-state index in [-0.39, 0.29) is 11.9 Å². The second-order valence-corrected chi connectivity index (χ2v) is 3.02. The summed E-state index contributed by atoms with van der Waals surface area (Å²) in [4.78, 5) is 11.2. The predicted molar refractivity (Wildman–Crippen MR) is 44.5 cm³/mol. The van der Waals surface area contributed by atoms with Crippen molar-refractivity contribution >= 4 is 5.97 Å². The quantitative estimate of drug-likeness (QED) is 0.494. The highest BCUT2D eigenvalue weighted by atomic mass is 16.5. The van der Waals surface area contributed by atoms with Crippen LogP contribution in [0, 0.1) is 5.92 Å². The third-order valence-corrected chi connectivity index (χ3v) is 2.05. The largest absolute Gasteiger partial charge is 0.466 e. The van der Waals surface area contributed by atoms with Crippen LogP contribution in [-0.4, -0.2) is 23.8 Å². The Hall–Kier alpha value is -0.830. The summed E-state index contributed by atoms with van der Waals surface area (Å²) in [6, 6.07) is 0. The van der Waals surface area contributed by atoms with E-state index >= 15 is 0 Å². The van der Waals surface area contributed by atoms with Crippen LogP contribution in [0.15, 0.2) is 11.6 Å². The Morgan fingerprint density at radius 1 is 1.83 bits per heavy atom. The number of esters is 1. The summed E-state index contributed by atoms with van der Waals surface area (Å²) in [6.07, 6.45) is 1.71. The first kappa shape index (κ1) is 9.26. The van der Waals surface area contributed by atoms with E-state index in [0.29, 0.717) is 13.0 Å². The van der Waals surface area contributed by atoms with Crippen LogP contribution in [-0.2, 0) is 9.53 Å². The lowest BCUT2D eigenvalue weighted by Gasteiger charge is -2.10. The van der Waals surface area contributed by atoms with Gasteiger partial charge in [0.1, 0.15) is 0 Å². The minimum atomic E-state index is -0.473. The summed E-state index contributed by atoms with van der Waals surface area (Å²) in [6.45, 7) is 4.03. The van der Waals surface area contributed by atoms with Gasteiger partial charge in [-0.05, 0) is 20.3 Å². The molecule has 3 nitrogen and oxygen atoms in total. The molecule has 68 valence electrons. The molecule has 1 aliphatic carbocycles. The smallest absolute Gasteiger partial charge is 0.313 e. The molecule has 2 unspecified atom stereocenters. The maximum Gasteiger partial charge on any atom is 0.313 e. The van der Waals surface area contributed by atoms with E-state index in [0.717, 1.165) is 5.57 Å². The Morgan fingerprint density at radius 3 is 2.92 bits per heavy atom. The van der Waals surface area contributed by atoms with Gasteiger partial charge in [-0.2, -0.15) is 0 Å². The van der Waals surface area contributed by atoms with Crippen LogP contribution in [0.2, 0.25) is 0 Å². The van der Waals surface area contributed by atoms with Crippen molar-refractivity contribution in [2.75, 3.05) is 6.61 Å². The third-order valence-electron chi connectivity index (χ3n) is 2.05. The fourth-order valence-corrected chi connectivity index (χ4v) is 1.44. The Kier molecular flexibility index (Phi) is 2.87. The van der Waals surface area contributed by atoms with E-state index in [9.17, 15) is 9.90 Å². The standard InChI is InChI=1S/C9H14O3/c1-3-12-9(11)8-5-7(10)4-6(8)2/h4,7-8,10H,3,5H2,1-2H3. The van der Waals surface area contributed by atoms with Gasteiger partial charge < -0.3 is 9.84 Å². The van der Waals surface area contributed by atoms with Crippen LogP contribution < -0.4 is 0 Å². The zero-order valence-electron chi connectivity index (χ0n) is 7.41.